The van der Waals surface area contributed by atoms with E-state index in [0.29, 0.717) is 0 Å². The van der Waals surface area contributed by atoms with Gasteiger partial charge in [0.2, 0.25) is 0 Å². The summed E-state index contributed by atoms with van der Waals surface area (Å²) in [7, 11) is 43.2. The normalized spacial score (nSPS) is 44.1. The van der Waals surface area contributed by atoms with E-state index in [1.807, 2.05) is 7.06 Å². The lowest BCUT2D eigenvalue weighted by Gasteiger charge is -3.06. The minimum absolute atomic E-state index is 0.243. The van der Waals surface area contributed by atoms with Crippen LogP contribution in [0.4, 0.5) is 0 Å². The summed E-state index contributed by atoms with van der Waals surface area (Å²) in [4.78, 5) is 0. The van der Waals surface area contributed by atoms with Crippen molar-refractivity contribution in [2.75, 3.05) is 0 Å². The molecule has 0 amide bonds. The number of hydrogen-bond donors (Lipinski definition) is 0. The molecule has 5 unspecified atom stereocenters. The van der Waals surface area contributed by atoms with E-state index in [9.17, 15) is 0 Å². The fraction of sp³-hybridized carbons (Fsp3) is 1.00. The Kier molecular flexibility index (Phi) is 8.83. The van der Waals surface area contributed by atoms with Gasteiger partial charge in [-0.15, -0.1) is 0 Å². The minimum Gasteiger partial charge on any atom is -0.0595 e. The van der Waals surface area contributed by atoms with Crippen molar-refractivity contribution < 1.29 is 0 Å². The van der Waals surface area contributed by atoms with Gasteiger partial charge in [0.1, 0.15) is 0 Å². The van der Waals surface area contributed by atoms with E-state index in [1.54, 1.807) is 0 Å². The molecule has 0 aromatic heterocycles. The minimum atomic E-state index is -0.771. The van der Waals surface area contributed by atoms with Gasteiger partial charge in [-0.25, -0.2) is 0 Å². The Hall–Kier alpha value is 0.584. The summed E-state index contributed by atoms with van der Waals surface area (Å²) < 4.78 is 0. The molecule has 5 atom stereocenters. The first-order chi connectivity index (χ1) is 22.0. The van der Waals surface area contributed by atoms with Crippen molar-refractivity contribution in [2.45, 2.75) is 189 Å². The van der Waals surface area contributed by atoms with Crippen LogP contribution >= 0.6 is 0 Å². The van der Waals surface area contributed by atoms with Crippen LogP contribution in [0.5, 0.6) is 0 Å². The molecule has 1 spiro atoms. The second kappa shape index (κ2) is 10.2. The molecule has 51 heavy (non-hydrogen) atoms. The molecule has 0 aliphatic heterocycles. The number of rotatable bonds is 4. The predicted octanol–water partition coefficient (Wildman–Crippen LogP) is 10.0. The zero-order valence-corrected chi connectivity index (χ0v) is 38.7. The topological polar surface area (TPSA) is 0 Å². The molecule has 12 radical (unpaired) electrons. The highest BCUT2D eigenvalue weighted by Gasteiger charge is 3.02. The third kappa shape index (κ3) is 3.06. The fourth-order valence-corrected chi connectivity index (χ4v) is 19.2. The highest BCUT2D eigenvalue weighted by molar-refractivity contribution is 7.47. The van der Waals surface area contributed by atoms with E-state index < -0.39 is 72.3 Å². The van der Waals surface area contributed by atoms with Gasteiger partial charge in [-0.1, -0.05) is 189 Å². The Labute approximate surface area is 329 Å². The highest BCUT2D eigenvalue weighted by atomic mass is 15.0. The third-order valence-corrected chi connectivity index (χ3v) is 24.9. The molecular formula is C42H75B9. The molecule has 4 aliphatic carbocycles. The predicted molar refractivity (Wildman–Crippen MR) is 236 cm³/mol. The van der Waals surface area contributed by atoms with E-state index in [2.05, 4.69) is 180 Å². The van der Waals surface area contributed by atoms with Crippen LogP contribution in [0.1, 0.15) is 173 Å². The molecule has 0 N–H and O–H groups in total. The standard InChI is InChI=1S/C42H75B9/c1-26(2)30(9,10)38(25)31(11,12)27(3,4)36(21,22)42(51(47)49-44)37(23,24)29(7,8)35(19,20)41(50(45)46)34(17,18)28(5,6)33(15,16)40(48-43,32(26,13)14)39(38,41)42/h1-25H3. The first-order valence-electron chi connectivity index (χ1n) is 20.4. The van der Waals surface area contributed by atoms with Crippen LogP contribution < -0.4 is 0 Å². The van der Waals surface area contributed by atoms with Crippen molar-refractivity contribution in [1.29, 1.82) is 0 Å². The summed E-state index contributed by atoms with van der Waals surface area (Å²) >= 11 is 0. The molecule has 9 heteroatoms. The molecular weight excluding hydrogens is 602 g/mol. The molecule has 4 rings (SSSR count). The van der Waals surface area contributed by atoms with E-state index in [4.69, 9.17) is 38.7 Å². The van der Waals surface area contributed by atoms with Gasteiger partial charge < -0.3 is 0 Å². The first-order valence-corrected chi connectivity index (χ1v) is 20.4. The molecule has 0 aromatic rings. The lowest BCUT2D eigenvalue weighted by molar-refractivity contribution is -0.471. The van der Waals surface area contributed by atoms with Crippen LogP contribution in [-0.4, -0.2) is 65.9 Å². The molecule has 0 heterocycles. The Morgan fingerprint density at radius 3 is 0.863 bits per heavy atom. The van der Waals surface area contributed by atoms with Gasteiger partial charge in [0.05, 0.1) is 20.2 Å². The zero-order valence-electron chi connectivity index (χ0n) is 38.7. The molecule has 4 aliphatic rings. The lowest BCUT2D eigenvalue weighted by atomic mass is 8.81. The number of hydrogen-bond acceptors (Lipinski definition) is 0. The largest absolute Gasteiger partial charge is 0.0652 e. The highest BCUT2D eigenvalue weighted by Crippen LogP contribution is 3.11. The van der Waals surface area contributed by atoms with E-state index in [-0.39, 0.29) is 32.5 Å². The molecule has 0 saturated heterocycles. The monoisotopic (exact) mass is 679 g/mol. The Morgan fingerprint density at radius 2 is 0.588 bits per heavy atom. The third-order valence-electron chi connectivity index (χ3n) is 24.9. The average Bonchev–Trinajstić information content (AvgIpc) is 2.93. The maximum atomic E-state index is 8.17. The van der Waals surface area contributed by atoms with Crippen molar-refractivity contribution in [2.24, 2.45) is 75.8 Å². The van der Waals surface area contributed by atoms with Crippen molar-refractivity contribution in [3.8, 4) is 0 Å². The molecule has 4 fully saturated rings. The van der Waals surface area contributed by atoms with Gasteiger partial charge in [0.25, 0.3) is 0 Å². The summed E-state index contributed by atoms with van der Waals surface area (Å²) in [5, 5.41) is -2.20. The van der Waals surface area contributed by atoms with Crippen molar-refractivity contribution in [3.63, 3.8) is 0 Å². The van der Waals surface area contributed by atoms with Crippen LogP contribution in [-0.2, 0) is 0 Å². The SMILES string of the molecule is [B][B]B([B])C12C(C)(C)C(C)(C)C(C)(C)C3(C)C(C)(C)C(C)(C)C(C)(C)C4([B][B])C(C)(C)C(C)(C)C(C)(C)C(B([B])[B])(C(C)(C)C(C)(C)C1(C)C)C342. The van der Waals surface area contributed by atoms with Gasteiger partial charge >= 0.3 is 0 Å². The molecule has 270 valence electrons. The maximum Gasteiger partial charge on any atom is 0.0652 e. The second-order valence-corrected chi connectivity index (χ2v) is 25.2. The summed E-state index contributed by atoms with van der Waals surface area (Å²) in [5.74, 6) is 0. The second-order valence-electron chi connectivity index (χ2n) is 25.2. The van der Waals surface area contributed by atoms with Crippen LogP contribution in [0.15, 0.2) is 0 Å². The smallest absolute Gasteiger partial charge is 0.0595 e. The zero-order chi connectivity index (χ0) is 41.1. The maximum absolute atomic E-state index is 8.17. The van der Waals surface area contributed by atoms with Crippen LogP contribution in [0.3, 0.4) is 0 Å². The Bertz CT molecular complexity index is 1440. The Morgan fingerprint density at radius 1 is 0.333 bits per heavy atom. The van der Waals surface area contributed by atoms with Crippen LogP contribution in [0.25, 0.3) is 0 Å². The quantitative estimate of drug-likeness (QED) is 0.260. The van der Waals surface area contributed by atoms with Crippen LogP contribution in [0.2, 0.25) is 15.9 Å². The van der Waals surface area contributed by atoms with Gasteiger partial charge in [-0.05, 0) is 75.8 Å². The van der Waals surface area contributed by atoms with Gasteiger partial charge in [0.15, 0.2) is 0 Å². The summed E-state index contributed by atoms with van der Waals surface area (Å²) in [6.45, 7) is 62.6. The molecule has 0 bridgehead atoms. The van der Waals surface area contributed by atoms with Crippen molar-refractivity contribution in [1.82, 2.24) is 0 Å². The van der Waals surface area contributed by atoms with Gasteiger partial charge in [-0.3, -0.25) is 0 Å². The fourth-order valence-electron chi connectivity index (χ4n) is 19.2. The van der Waals surface area contributed by atoms with Crippen molar-refractivity contribution >= 4 is 65.9 Å². The average molecular weight is 677 g/mol. The van der Waals surface area contributed by atoms with Crippen LogP contribution in [0, 0.1) is 75.8 Å². The summed E-state index contributed by atoms with van der Waals surface area (Å²) in [6.07, 6.45) is 0. The summed E-state index contributed by atoms with van der Waals surface area (Å²) in [5.41, 5.74) is -5.69. The summed E-state index contributed by atoms with van der Waals surface area (Å²) in [6, 6.07) is 0. The van der Waals surface area contributed by atoms with E-state index in [0.717, 1.165) is 0 Å². The molecule has 4 saturated carbocycles. The van der Waals surface area contributed by atoms with Gasteiger partial charge in [-0.2, -0.15) is 0 Å². The first kappa shape index (κ1) is 44.3. The van der Waals surface area contributed by atoms with Gasteiger partial charge in [0, 0.05) is 45.7 Å². The van der Waals surface area contributed by atoms with E-state index >= 15 is 0 Å². The molecule has 0 aromatic carbocycles. The Balaban J connectivity index is 2.90. The van der Waals surface area contributed by atoms with Crippen molar-refractivity contribution in [3.05, 3.63) is 0 Å². The molecule has 0 nitrogen and oxygen atoms in total. The van der Waals surface area contributed by atoms with E-state index in [1.165, 1.54) is 0 Å². The lowest BCUT2D eigenvalue weighted by Crippen LogP contribution is -2.98.